The van der Waals surface area contributed by atoms with Gasteiger partial charge in [-0.3, -0.25) is 14.7 Å². The number of H-pyrrole nitrogens is 1. The standard InChI is InChI=1S/C16H21N5O2S/c1-3-8-17-14(22)9-21(2)15(23)13-6-4-12(5-7-13)10-24-16-18-11-19-20-16/h4-7,11H,3,8-10H2,1-2H3,(H,17,22)(H,18,19,20). The highest BCUT2D eigenvalue weighted by Gasteiger charge is 2.14. The number of aromatic amines is 1. The summed E-state index contributed by atoms with van der Waals surface area (Å²) in [6.45, 7) is 2.66. The molecule has 2 N–H and O–H groups in total. The number of hydrogen-bond acceptors (Lipinski definition) is 5. The van der Waals surface area contributed by atoms with Crippen molar-refractivity contribution in [2.75, 3.05) is 20.1 Å². The van der Waals surface area contributed by atoms with E-state index >= 15 is 0 Å². The Balaban J connectivity index is 1.86. The van der Waals surface area contributed by atoms with Gasteiger partial charge in [0.05, 0.1) is 6.54 Å². The van der Waals surface area contributed by atoms with E-state index < -0.39 is 0 Å². The number of thioether (sulfide) groups is 1. The lowest BCUT2D eigenvalue weighted by atomic mass is 10.1. The number of amides is 2. The molecule has 0 fully saturated rings. The molecule has 1 aromatic carbocycles. The van der Waals surface area contributed by atoms with Crippen molar-refractivity contribution in [3.8, 4) is 0 Å². The van der Waals surface area contributed by atoms with Gasteiger partial charge in [0.1, 0.15) is 6.33 Å². The van der Waals surface area contributed by atoms with Gasteiger partial charge in [0.25, 0.3) is 5.91 Å². The molecular formula is C16H21N5O2S. The number of carbonyl (C=O) groups excluding carboxylic acids is 2. The molecule has 0 radical (unpaired) electrons. The van der Waals surface area contributed by atoms with Gasteiger partial charge < -0.3 is 10.2 Å². The third kappa shape index (κ3) is 5.38. The molecule has 128 valence electrons. The number of rotatable bonds is 8. The van der Waals surface area contributed by atoms with Crippen molar-refractivity contribution < 1.29 is 9.59 Å². The molecule has 2 aromatic rings. The highest BCUT2D eigenvalue weighted by atomic mass is 32.2. The second kappa shape index (κ2) is 9.07. The normalized spacial score (nSPS) is 10.4. The van der Waals surface area contributed by atoms with Gasteiger partial charge in [-0.05, 0) is 24.1 Å². The number of benzene rings is 1. The van der Waals surface area contributed by atoms with Crippen LogP contribution < -0.4 is 5.32 Å². The average Bonchev–Trinajstić information content (AvgIpc) is 3.11. The van der Waals surface area contributed by atoms with Crippen LogP contribution in [0.4, 0.5) is 0 Å². The minimum atomic E-state index is -0.170. The van der Waals surface area contributed by atoms with Crippen molar-refractivity contribution in [2.45, 2.75) is 24.3 Å². The Morgan fingerprint density at radius 3 is 2.67 bits per heavy atom. The van der Waals surface area contributed by atoms with Crippen LogP contribution in [0.5, 0.6) is 0 Å². The fourth-order valence-corrected chi connectivity index (χ4v) is 2.72. The summed E-state index contributed by atoms with van der Waals surface area (Å²) in [5, 5.41) is 10.1. The van der Waals surface area contributed by atoms with Gasteiger partial charge in [-0.1, -0.05) is 30.8 Å². The maximum atomic E-state index is 12.3. The molecule has 0 saturated heterocycles. The molecule has 0 saturated carbocycles. The lowest BCUT2D eigenvalue weighted by molar-refractivity contribution is -0.121. The number of aromatic nitrogens is 3. The Bertz CT molecular complexity index is 658. The van der Waals surface area contributed by atoms with Crippen molar-refractivity contribution >= 4 is 23.6 Å². The SMILES string of the molecule is CCCNC(=O)CN(C)C(=O)c1ccc(CSc2ncn[nH]2)cc1. The van der Waals surface area contributed by atoms with E-state index in [-0.39, 0.29) is 18.4 Å². The van der Waals surface area contributed by atoms with Crippen LogP contribution in [0.15, 0.2) is 35.7 Å². The summed E-state index contributed by atoms with van der Waals surface area (Å²) in [4.78, 5) is 29.5. The van der Waals surface area contributed by atoms with Crippen molar-refractivity contribution in [1.29, 1.82) is 0 Å². The van der Waals surface area contributed by atoms with Gasteiger partial charge in [-0.15, -0.1) is 0 Å². The first-order chi connectivity index (χ1) is 11.6. The minimum Gasteiger partial charge on any atom is -0.355 e. The molecule has 0 unspecified atom stereocenters. The number of carbonyl (C=O) groups is 2. The van der Waals surface area contributed by atoms with Gasteiger partial charge in [0, 0.05) is 24.9 Å². The Kier molecular flexibility index (Phi) is 6.80. The lowest BCUT2D eigenvalue weighted by Gasteiger charge is -2.17. The Morgan fingerprint density at radius 2 is 2.04 bits per heavy atom. The maximum Gasteiger partial charge on any atom is 0.254 e. The van der Waals surface area contributed by atoms with E-state index in [0.717, 1.165) is 22.9 Å². The summed E-state index contributed by atoms with van der Waals surface area (Å²) >= 11 is 1.54. The molecule has 0 aliphatic carbocycles. The highest BCUT2D eigenvalue weighted by molar-refractivity contribution is 7.98. The molecular weight excluding hydrogens is 326 g/mol. The van der Waals surface area contributed by atoms with Crippen LogP contribution in [0.2, 0.25) is 0 Å². The first-order valence-electron chi connectivity index (χ1n) is 7.69. The fourth-order valence-electron chi connectivity index (χ4n) is 1.99. The zero-order valence-corrected chi connectivity index (χ0v) is 14.6. The van der Waals surface area contributed by atoms with Crippen molar-refractivity contribution in [3.63, 3.8) is 0 Å². The molecule has 2 amide bonds. The van der Waals surface area contributed by atoms with E-state index in [0.29, 0.717) is 12.1 Å². The number of nitrogens with one attached hydrogen (secondary N) is 2. The molecule has 8 heteroatoms. The molecule has 0 aliphatic heterocycles. The molecule has 0 aliphatic rings. The number of likely N-dealkylation sites (N-methyl/N-ethyl adjacent to an activating group) is 1. The summed E-state index contributed by atoms with van der Waals surface area (Å²) in [6.07, 6.45) is 2.34. The second-order valence-electron chi connectivity index (χ2n) is 5.29. The topological polar surface area (TPSA) is 91.0 Å². The van der Waals surface area contributed by atoms with Gasteiger partial charge in [-0.2, -0.15) is 5.10 Å². The van der Waals surface area contributed by atoms with Crippen LogP contribution in [-0.2, 0) is 10.5 Å². The Morgan fingerprint density at radius 1 is 1.29 bits per heavy atom. The van der Waals surface area contributed by atoms with E-state index in [9.17, 15) is 9.59 Å². The van der Waals surface area contributed by atoms with Gasteiger partial charge in [-0.25, -0.2) is 4.98 Å². The highest BCUT2D eigenvalue weighted by Crippen LogP contribution is 2.18. The minimum absolute atomic E-state index is 0.0575. The lowest BCUT2D eigenvalue weighted by Crippen LogP contribution is -2.38. The van der Waals surface area contributed by atoms with Crippen LogP contribution in [0.25, 0.3) is 0 Å². The van der Waals surface area contributed by atoms with Crippen molar-refractivity contribution in [1.82, 2.24) is 25.4 Å². The number of hydrogen-bond donors (Lipinski definition) is 2. The van der Waals surface area contributed by atoms with Crippen LogP contribution in [0.3, 0.4) is 0 Å². The summed E-state index contributed by atoms with van der Waals surface area (Å²) < 4.78 is 0. The van der Waals surface area contributed by atoms with Gasteiger partial charge in [0.2, 0.25) is 5.91 Å². The van der Waals surface area contributed by atoms with E-state index in [2.05, 4.69) is 20.5 Å². The molecule has 24 heavy (non-hydrogen) atoms. The zero-order chi connectivity index (χ0) is 17.4. The monoisotopic (exact) mass is 347 g/mol. The summed E-state index contributed by atoms with van der Waals surface area (Å²) in [7, 11) is 1.63. The third-order valence-corrected chi connectivity index (χ3v) is 4.22. The molecule has 7 nitrogen and oxygen atoms in total. The van der Waals surface area contributed by atoms with E-state index in [4.69, 9.17) is 0 Å². The summed E-state index contributed by atoms with van der Waals surface area (Å²) in [6, 6.07) is 7.36. The quantitative estimate of drug-likeness (QED) is 0.709. The van der Waals surface area contributed by atoms with E-state index in [1.54, 1.807) is 19.2 Å². The van der Waals surface area contributed by atoms with Gasteiger partial charge >= 0.3 is 0 Å². The van der Waals surface area contributed by atoms with E-state index in [1.807, 2.05) is 19.1 Å². The first-order valence-corrected chi connectivity index (χ1v) is 8.68. The maximum absolute atomic E-state index is 12.3. The molecule has 0 bridgehead atoms. The molecule has 1 heterocycles. The third-order valence-electron chi connectivity index (χ3n) is 3.27. The van der Waals surface area contributed by atoms with Crippen LogP contribution in [-0.4, -0.2) is 52.0 Å². The predicted molar refractivity (Wildman–Crippen MR) is 92.6 cm³/mol. The zero-order valence-electron chi connectivity index (χ0n) is 13.8. The average molecular weight is 347 g/mol. The molecule has 0 atom stereocenters. The first kappa shape index (κ1) is 18.0. The second-order valence-corrected chi connectivity index (χ2v) is 6.25. The van der Waals surface area contributed by atoms with Crippen molar-refractivity contribution in [3.05, 3.63) is 41.7 Å². The Labute approximate surface area is 145 Å². The molecule has 0 spiro atoms. The largest absolute Gasteiger partial charge is 0.355 e. The number of nitrogens with zero attached hydrogens (tertiary/aromatic N) is 3. The fraction of sp³-hybridized carbons (Fsp3) is 0.375. The molecule has 2 rings (SSSR count). The van der Waals surface area contributed by atoms with E-state index in [1.165, 1.54) is 23.0 Å². The van der Waals surface area contributed by atoms with Crippen molar-refractivity contribution in [2.24, 2.45) is 0 Å². The van der Waals surface area contributed by atoms with Crippen LogP contribution in [0, 0.1) is 0 Å². The van der Waals surface area contributed by atoms with Crippen LogP contribution in [0.1, 0.15) is 29.3 Å². The Hall–Kier alpha value is -2.35. The molecule has 1 aromatic heterocycles. The summed E-state index contributed by atoms with van der Waals surface area (Å²) in [5.41, 5.74) is 1.64. The van der Waals surface area contributed by atoms with Crippen LogP contribution >= 0.6 is 11.8 Å². The predicted octanol–water partition coefficient (Wildman–Crippen LogP) is 1.70. The summed E-state index contributed by atoms with van der Waals surface area (Å²) in [5.74, 6) is 0.419. The van der Waals surface area contributed by atoms with Gasteiger partial charge in [0.15, 0.2) is 5.16 Å². The smallest absolute Gasteiger partial charge is 0.254 e.